The van der Waals surface area contributed by atoms with Crippen molar-refractivity contribution in [2.24, 2.45) is 0 Å². The Balaban J connectivity index is 4.37. The minimum atomic E-state index is -0.785. The van der Waals surface area contributed by atoms with E-state index in [1.807, 2.05) is 0 Å². The molecule has 6 heteroatoms. The lowest BCUT2D eigenvalue weighted by Crippen LogP contribution is -2.30. The average Bonchev–Trinajstić information content (AvgIpc) is 3.28. The van der Waals surface area contributed by atoms with Gasteiger partial charge in [0.05, 0.1) is 0 Å². The fraction of sp³-hybridized carbons (Fsp3) is 0.772. The highest BCUT2D eigenvalue weighted by Gasteiger charge is 2.19. The Morgan fingerprint density at radius 3 is 0.937 bits per heavy atom. The molecule has 364 valence electrons. The van der Waals surface area contributed by atoms with Crippen LogP contribution in [0.3, 0.4) is 0 Å². The summed E-state index contributed by atoms with van der Waals surface area (Å²) in [7, 11) is 0. The number of esters is 3. The summed E-state index contributed by atoms with van der Waals surface area (Å²) in [5, 5.41) is 0. The zero-order chi connectivity index (χ0) is 45.8. The second kappa shape index (κ2) is 51.7. The summed E-state index contributed by atoms with van der Waals surface area (Å²) in [5.74, 6) is -0.907. The van der Waals surface area contributed by atoms with E-state index in [4.69, 9.17) is 14.2 Å². The van der Waals surface area contributed by atoms with Gasteiger partial charge in [0.15, 0.2) is 6.10 Å². The Morgan fingerprint density at radius 2 is 0.587 bits per heavy atom. The van der Waals surface area contributed by atoms with Crippen LogP contribution < -0.4 is 0 Å². The number of unbranched alkanes of at least 4 members (excludes halogenated alkanes) is 27. The highest BCUT2D eigenvalue weighted by Crippen LogP contribution is 2.14. The lowest BCUT2D eigenvalue weighted by atomic mass is 10.1. The van der Waals surface area contributed by atoms with Crippen LogP contribution in [0.2, 0.25) is 0 Å². The molecule has 0 bridgehead atoms. The third-order valence-corrected chi connectivity index (χ3v) is 11.5. The van der Waals surface area contributed by atoms with Crippen LogP contribution in [0.4, 0.5) is 0 Å². The predicted octanol–water partition coefficient (Wildman–Crippen LogP) is 17.6. The lowest BCUT2D eigenvalue weighted by molar-refractivity contribution is -0.167. The maximum Gasteiger partial charge on any atom is 0.306 e. The topological polar surface area (TPSA) is 78.9 Å². The van der Waals surface area contributed by atoms with E-state index in [2.05, 4.69) is 81.5 Å². The second-order valence-corrected chi connectivity index (χ2v) is 17.8. The molecule has 0 saturated carbocycles. The third kappa shape index (κ3) is 50.0. The molecule has 0 aliphatic heterocycles. The quantitative estimate of drug-likeness (QED) is 0.0262. The molecule has 0 rings (SSSR count). The fourth-order valence-corrected chi connectivity index (χ4v) is 7.37. The van der Waals surface area contributed by atoms with Crippen molar-refractivity contribution in [1.82, 2.24) is 0 Å². The van der Waals surface area contributed by atoms with Crippen molar-refractivity contribution < 1.29 is 28.6 Å². The molecule has 0 aliphatic rings. The minimum Gasteiger partial charge on any atom is -0.462 e. The number of carbonyl (C=O) groups excluding carboxylic acids is 3. The van der Waals surface area contributed by atoms with Gasteiger partial charge < -0.3 is 14.2 Å². The molecule has 0 radical (unpaired) electrons. The summed E-state index contributed by atoms with van der Waals surface area (Å²) in [6.45, 7) is 6.54. The van der Waals surface area contributed by atoms with Gasteiger partial charge in [0.25, 0.3) is 0 Å². The highest BCUT2D eigenvalue weighted by molar-refractivity contribution is 5.71. The summed E-state index contributed by atoms with van der Waals surface area (Å²) < 4.78 is 16.8. The molecule has 0 N–H and O–H groups in total. The molecule has 0 aromatic heterocycles. The maximum atomic E-state index is 12.8. The van der Waals surface area contributed by atoms with Crippen molar-refractivity contribution in [3.05, 3.63) is 60.8 Å². The summed E-state index contributed by atoms with van der Waals surface area (Å²) in [5.41, 5.74) is 0. The monoisotopic (exact) mass is 881 g/mol. The van der Waals surface area contributed by atoms with Gasteiger partial charge >= 0.3 is 17.9 Å². The SMILES string of the molecule is CCCC/C=C\C/C=C\CCCCCCCC(=O)OC(COC(=O)CCCCCCC/C=C\CCCCC)COC(=O)CCCCCCCCCCC/C=C\C/C=C\CCCCC. The Hall–Kier alpha value is -2.89. The molecule has 0 saturated heterocycles. The van der Waals surface area contributed by atoms with E-state index in [-0.39, 0.29) is 31.1 Å². The third-order valence-electron chi connectivity index (χ3n) is 11.5. The normalized spacial score (nSPS) is 12.5. The van der Waals surface area contributed by atoms with Crippen LogP contribution in [0.25, 0.3) is 0 Å². The molecule has 0 spiro atoms. The van der Waals surface area contributed by atoms with E-state index in [0.717, 1.165) is 96.3 Å². The maximum absolute atomic E-state index is 12.8. The summed E-state index contributed by atoms with van der Waals surface area (Å²) in [6, 6.07) is 0. The van der Waals surface area contributed by atoms with Gasteiger partial charge in [-0.2, -0.15) is 0 Å². The van der Waals surface area contributed by atoms with Gasteiger partial charge in [-0.3, -0.25) is 14.4 Å². The largest absolute Gasteiger partial charge is 0.462 e. The molecule has 0 aromatic rings. The molecular formula is C57H100O6. The van der Waals surface area contributed by atoms with Crippen LogP contribution in [-0.4, -0.2) is 37.2 Å². The number of hydrogen-bond donors (Lipinski definition) is 0. The summed E-state index contributed by atoms with van der Waals surface area (Å²) in [4.78, 5) is 38.0. The number of allylic oxidation sites excluding steroid dienone is 10. The molecule has 0 aromatic carbocycles. The first-order chi connectivity index (χ1) is 31.0. The minimum absolute atomic E-state index is 0.0844. The molecular weight excluding hydrogens is 781 g/mol. The van der Waals surface area contributed by atoms with Gasteiger partial charge in [0.1, 0.15) is 13.2 Å². The smallest absolute Gasteiger partial charge is 0.306 e. The van der Waals surface area contributed by atoms with Crippen LogP contribution in [-0.2, 0) is 28.6 Å². The van der Waals surface area contributed by atoms with Crippen molar-refractivity contribution >= 4 is 17.9 Å². The number of rotatable bonds is 48. The van der Waals surface area contributed by atoms with Crippen LogP contribution >= 0.6 is 0 Å². The Morgan fingerprint density at radius 1 is 0.317 bits per heavy atom. The molecule has 0 aliphatic carbocycles. The lowest BCUT2D eigenvalue weighted by Gasteiger charge is -2.18. The van der Waals surface area contributed by atoms with E-state index in [0.29, 0.717) is 19.3 Å². The Kier molecular flexibility index (Phi) is 49.4. The van der Waals surface area contributed by atoms with Crippen molar-refractivity contribution in [3.63, 3.8) is 0 Å². The van der Waals surface area contributed by atoms with Crippen LogP contribution in [0.5, 0.6) is 0 Å². The van der Waals surface area contributed by atoms with Gasteiger partial charge in [0.2, 0.25) is 0 Å². The van der Waals surface area contributed by atoms with E-state index in [9.17, 15) is 14.4 Å². The van der Waals surface area contributed by atoms with Gasteiger partial charge in [0, 0.05) is 19.3 Å². The van der Waals surface area contributed by atoms with Crippen LogP contribution in [0.15, 0.2) is 60.8 Å². The molecule has 6 nitrogen and oxygen atoms in total. The number of carbonyl (C=O) groups is 3. The predicted molar refractivity (Wildman–Crippen MR) is 270 cm³/mol. The zero-order valence-corrected chi connectivity index (χ0v) is 41.6. The fourth-order valence-electron chi connectivity index (χ4n) is 7.37. The first kappa shape index (κ1) is 60.1. The van der Waals surface area contributed by atoms with Crippen molar-refractivity contribution in [3.8, 4) is 0 Å². The number of hydrogen-bond acceptors (Lipinski definition) is 6. The van der Waals surface area contributed by atoms with E-state index < -0.39 is 6.10 Å². The standard InChI is InChI=1S/C57H100O6/c1-4-7-10-13-16-19-22-25-27-28-29-30-31-33-35-38-41-44-47-50-56(59)62-53-54(52-61-55(58)49-46-43-40-37-34-24-21-18-15-12-9-6-3)63-57(60)51-48-45-42-39-36-32-26-23-20-17-14-11-8-5-2/h14,16-19,21,23,25-27,54H,4-13,15,20,22,24,28-53H2,1-3H3/b17-14-,19-16-,21-18-,26-23-,27-25-. The van der Waals surface area contributed by atoms with Gasteiger partial charge in [-0.25, -0.2) is 0 Å². The van der Waals surface area contributed by atoms with Crippen LogP contribution in [0.1, 0.15) is 265 Å². The van der Waals surface area contributed by atoms with Crippen LogP contribution in [0, 0.1) is 0 Å². The van der Waals surface area contributed by atoms with E-state index in [1.54, 1.807) is 0 Å². The molecule has 0 fully saturated rings. The summed E-state index contributed by atoms with van der Waals surface area (Å²) >= 11 is 0. The first-order valence-corrected chi connectivity index (χ1v) is 26.8. The molecule has 1 atom stereocenters. The van der Waals surface area contributed by atoms with Crippen molar-refractivity contribution in [2.45, 2.75) is 271 Å². The second-order valence-electron chi connectivity index (χ2n) is 17.8. The zero-order valence-electron chi connectivity index (χ0n) is 41.6. The van der Waals surface area contributed by atoms with Gasteiger partial charge in [-0.15, -0.1) is 0 Å². The van der Waals surface area contributed by atoms with Crippen molar-refractivity contribution in [1.29, 1.82) is 0 Å². The van der Waals surface area contributed by atoms with Crippen molar-refractivity contribution in [2.75, 3.05) is 13.2 Å². The average molecular weight is 881 g/mol. The number of ether oxygens (including phenoxy) is 3. The Labute approximate surface area is 390 Å². The summed E-state index contributed by atoms with van der Waals surface area (Å²) in [6.07, 6.45) is 63.4. The molecule has 0 amide bonds. The molecule has 0 heterocycles. The molecule has 1 unspecified atom stereocenters. The van der Waals surface area contributed by atoms with E-state index in [1.165, 1.54) is 128 Å². The van der Waals surface area contributed by atoms with Gasteiger partial charge in [-0.05, 0) is 103 Å². The first-order valence-electron chi connectivity index (χ1n) is 26.8. The van der Waals surface area contributed by atoms with Gasteiger partial charge in [-0.1, -0.05) is 204 Å². The Bertz CT molecular complexity index is 1150. The highest BCUT2D eigenvalue weighted by atomic mass is 16.6. The molecule has 63 heavy (non-hydrogen) atoms. The van der Waals surface area contributed by atoms with E-state index >= 15 is 0 Å².